The van der Waals surface area contributed by atoms with Gasteiger partial charge in [-0.3, -0.25) is 9.12 Å². The van der Waals surface area contributed by atoms with Gasteiger partial charge in [-0.15, -0.1) is 10.2 Å². The fraction of sp³-hybridized carbons (Fsp3) is 0.0769. The van der Waals surface area contributed by atoms with Crippen LogP contribution in [0.1, 0.15) is 5.56 Å². The lowest BCUT2D eigenvalue weighted by molar-refractivity contribution is 0.601. The van der Waals surface area contributed by atoms with Crippen LogP contribution in [0.15, 0.2) is 53.8 Å². The molecule has 2 aromatic heterocycles. The lowest BCUT2D eigenvalue weighted by atomic mass is 10.2. The summed E-state index contributed by atoms with van der Waals surface area (Å²) in [4.78, 5) is 0.229. The summed E-state index contributed by atoms with van der Waals surface area (Å²) < 4.78 is 28.6. The van der Waals surface area contributed by atoms with Crippen LogP contribution in [0, 0.1) is 6.92 Å². The molecule has 0 fully saturated rings. The number of rotatable bonds is 3. The van der Waals surface area contributed by atoms with E-state index in [1.165, 1.54) is 6.33 Å². The van der Waals surface area contributed by atoms with E-state index in [-0.39, 0.29) is 4.90 Å². The summed E-state index contributed by atoms with van der Waals surface area (Å²) in [6, 6.07) is 10.0. The molecule has 3 aromatic rings. The summed E-state index contributed by atoms with van der Waals surface area (Å²) in [6.45, 7) is 1.91. The summed E-state index contributed by atoms with van der Waals surface area (Å²) in [5, 5.41) is 7.60. The molecule has 7 heteroatoms. The van der Waals surface area contributed by atoms with Crippen LogP contribution < -0.4 is 4.72 Å². The first-order valence-electron chi connectivity index (χ1n) is 5.93. The summed E-state index contributed by atoms with van der Waals surface area (Å²) in [5.74, 6) is 0. The third kappa shape index (κ3) is 2.35. The van der Waals surface area contributed by atoms with E-state index in [4.69, 9.17) is 0 Å². The van der Waals surface area contributed by atoms with Crippen molar-refractivity contribution in [2.24, 2.45) is 0 Å². The van der Waals surface area contributed by atoms with Crippen molar-refractivity contribution in [3.05, 3.63) is 54.5 Å². The van der Waals surface area contributed by atoms with Crippen LogP contribution in [0.2, 0.25) is 0 Å². The molecule has 0 saturated carbocycles. The minimum absolute atomic E-state index is 0.229. The average molecular weight is 288 g/mol. The van der Waals surface area contributed by atoms with Gasteiger partial charge in [0.1, 0.15) is 6.33 Å². The van der Waals surface area contributed by atoms with E-state index < -0.39 is 10.0 Å². The lowest BCUT2D eigenvalue weighted by Crippen LogP contribution is -2.13. The Hall–Kier alpha value is -2.41. The lowest BCUT2D eigenvalue weighted by Gasteiger charge is -2.08. The Bertz CT molecular complexity index is 853. The molecule has 2 heterocycles. The van der Waals surface area contributed by atoms with Crippen LogP contribution in [-0.2, 0) is 10.0 Å². The van der Waals surface area contributed by atoms with Gasteiger partial charge in [-0.05, 0) is 31.2 Å². The Morgan fingerprint density at radius 1 is 1.10 bits per heavy atom. The predicted octanol–water partition coefficient (Wildman–Crippen LogP) is 1.84. The number of aromatic nitrogens is 3. The second-order valence-electron chi connectivity index (χ2n) is 4.43. The number of aryl methyl sites for hydroxylation is 1. The van der Waals surface area contributed by atoms with Crippen molar-refractivity contribution in [1.82, 2.24) is 14.6 Å². The van der Waals surface area contributed by atoms with E-state index in [2.05, 4.69) is 14.9 Å². The molecular formula is C13H12N4O2S. The van der Waals surface area contributed by atoms with Crippen molar-refractivity contribution >= 4 is 21.4 Å². The number of hydrogen-bond donors (Lipinski definition) is 1. The normalized spacial score (nSPS) is 11.7. The number of fused-ring (bicyclic) bond motifs is 1. The zero-order valence-electron chi connectivity index (χ0n) is 10.7. The third-order valence-corrected chi connectivity index (χ3v) is 4.27. The topological polar surface area (TPSA) is 76.4 Å². The van der Waals surface area contributed by atoms with Gasteiger partial charge in [0.15, 0.2) is 5.65 Å². The quantitative estimate of drug-likeness (QED) is 0.798. The van der Waals surface area contributed by atoms with Gasteiger partial charge in [0.25, 0.3) is 10.0 Å². The van der Waals surface area contributed by atoms with Crippen LogP contribution in [-0.4, -0.2) is 23.0 Å². The first-order valence-corrected chi connectivity index (χ1v) is 7.42. The number of benzene rings is 1. The van der Waals surface area contributed by atoms with Crippen molar-refractivity contribution in [2.45, 2.75) is 11.8 Å². The maximum absolute atomic E-state index is 12.2. The highest BCUT2D eigenvalue weighted by atomic mass is 32.2. The van der Waals surface area contributed by atoms with E-state index in [1.54, 1.807) is 47.0 Å². The molecule has 0 saturated heterocycles. The largest absolute Gasteiger partial charge is 0.287 e. The molecule has 0 unspecified atom stereocenters. The Morgan fingerprint density at radius 3 is 2.60 bits per heavy atom. The molecule has 0 amide bonds. The highest BCUT2D eigenvalue weighted by Crippen LogP contribution is 2.16. The van der Waals surface area contributed by atoms with Gasteiger partial charge in [-0.2, -0.15) is 0 Å². The minimum Gasteiger partial charge on any atom is -0.287 e. The SMILES string of the molecule is Cc1ccc(S(=O)(=O)Nc2ccc3nncn3c2)cc1. The molecule has 0 aliphatic carbocycles. The summed E-state index contributed by atoms with van der Waals surface area (Å²) in [6.07, 6.45) is 3.14. The van der Waals surface area contributed by atoms with E-state index in [9.17, 15) is 8.42 Å². The van der Waals surface area contributed by atoms with Crippen LogP contribution >= 0.6 is 0 Å². The molecule has 0 bridgehead atoms. The van der Waals surface area contributed by atoms with Gasteiger partial charge in [-0.25, -0.2) is 8.42 Å². The second-order valence-corrected chi connectivity index (χ2v) is 6.12. The Balaban J connectivity index is 1.94. The van der Waals surface area contributed by atoms with E-state index in [0.717, 1.165) is 5.56 Å². The first-order chi connectivity index (χ1) is 9.54. The molecule has 0 radical (unpaired) electrons. The fourth-order valence-corrected chi connectivity index (χ4v) is 2.86. The van der Waals surface area contributed by atoms with Crippen LogP contribution in [0.3, 0.4) is 0 Å². The zero-order chi connectivity index (χ0) is 14.2. The van der Waals surface area contributed by atoms with Gasteiger partial charge >= 0.3 is 0 Å². The first kappa shape index (κ1) is 12.6. The maximum Gasteiger partial charge on any atom is 0.261 e. The standard InChI is InChI=1S/C13H12N4O2S/c1-10-2-5-12(6-3-10)20(18,19)16-11-4-7-13-15-14-9-17(13)8-11/h2-9,16H,1H3. The van der Waals surface area contributed by atoms with Gasteiger partial charge in [0.05, 0.1) is 10.6 Å². The third-order valence-electron chi connectivity index (χ3n) is 2.87. The van der Waals surface area contributed by atoms with Crippen molar-refractivity contribution in [3.8, 4) is 0 Å². The molecule has 20 heavy (non-hydrogen) atoms. The molecular weight excluding hydrogens is 276 g/mol. The molecule has 0 atom stereocenters. The maximum atomic E-state index is 12.2. The molecule has 0 aliphatic rings. The molecule has 0 spiro atoms. The zero-order valence-corrected chi connectivity index (χ0v) is 11.5. The van der Waals surface area contributed by atoms with Crippen molar-refractivity contribution in [2.75, 3.05) is 4.72 Å². The van der Waals surface area contributed by atoms with Crippen molar-refractivity contribution < 1.29 is 8.42 Å². The minimum atomic E-state index is -3.59. The molecule has 0 aliphatic heterocycles. The average Bonchev–Trinajstić information content (AvgIpc) is 2.86. The van der Waals surface area contributed by atoms with Crippen LogP contribution in [0.4, 0.5) is 5.69 Å². The number of nitrogens with one attached hydrogen (secondary N) is 1. The highest BCUT2D eigenvalue weighted by molar-refractivity contribution is 7.92. The summed E-state index contributed by atoms with van der Waals surface area (Å²) in [5.41, 5.74) is 2.12. The van der Waals surface area contributed by atoms with Gasteiger partial charge in [-0.1, -0.05) is 17.7 Å². The predicted molar refractivity (Wildman–Crippen MR) is 75.0 cm³/mol. The smallest absolute Gasteiger partial charge is 0.261 e. The summed E-state index contributed by atoms with van der Waals surface area (Å²) >= 11 is 0. The van der Waals surface area contributed by atoms with Gasteiger partial charge in [0, 0.05) is 6.20 Å². The van der Waals surface area contributed by atoms with E-state index >= 15 is 0 Å². The number of hydrogen-bond acceptors (Lipinski definition) is 4. The Morgan fingerprint density at radius 2 is 1.85 bits per heavy atom. The molecule has 1 N–H and O–H groups in total. The van der Waals surface area contributed by atoms with Crippen molar-refractivity contribution in [3.63, 3.8) is 0 Å². The van der Waals surface area contributed by atoms with Crippen LogP contribution in [0.25, 0.3) is 5.65 Å². The molecule has 1 aromatic carbocycles. The number of sulfonamides is 1. The monoisotopic (exact) mass is 288 g/mol. The number of nitrogens with zero attached hydrogens (tertiary/aromatic N) is 3. The van der Waals surface area contributed by atoms with Gasteiger partial charge < -0.3 is 0 Å². The molecule has 3 rings (SSSR count). The van der Waals surface area contributed by atoms with E-state index in [0.29, 0.717) is 11.3 Å². The number of pyridine rings is 1. The number of anilines is 1. The molecule has 6 nitrogen and oxygen atoms in total. The Labute approximate surface area is 116 Å². The van der Waals surface area contributed by atoms with Gasteiger partial charge in [0.2, 0.25) is 0 Å². The highest BCUT2D eigenvalue weighted by Gasteiger charge is 2.14. The van der Waals surface area contributed by atoms with E-state index in [1.807, 2.05) is 6.92 Å². The Kier molecular flexibility index (Phi) is 2.90. The summed E-state index contributed by atoms with van der Waals surface area (Å²) in [7, 11) is -3.59. The van der Waals surface area contributed by atoms with Crippen molar-refractivity contribution in [1.29, 1.82) is 0 Å². The molecule has 102 valence electrons. The second kappa shape index (κ2) is 4.61. The van der Waals surface area contributed by atoms with Crippen LogP contribution in [0.5, 0.6) is 0 Å². The fourth-order valence-electron chi connectivity index (χ4n) is 1.82.